The van der Waals surface area contributed by atoms with Crippen LogP contribution in [-0.4, -0.2) is 52.8 Å². The van der Waals surface area contributed by atoms with E-state index >= 15 is 0 Å². The molecule has 182 valence electrons. The lowest BCUT2D eigenvalue weighted by Gasteiger charge is -2.17. The Labute approximate surface area is 204 Å². The Bertz CT molecular complexity index is 1440. The first-order chi connectivity index (χ1) is 16.8. The van der Waals surface area contributed by atoms with E-state index < -0.39 is 9.84 Å². The molecule has 0 bridgehead atoms. The van der Waals surface area contributed by atoms with Gasteiger partial charge in [-0.2, -0.15) is 0 Å². The van der Waals surface area contributed by atoms with E-state index in [1.807, 2.05) is 42.5 Å². The van der Waals surface area contributed by atoms with E-state index in [4.69, 9.17) is 13.9 Å². The highest BCUT2D eigenvalue weighted by Gasteiger charge is 2.24. The SMILES string of the molecule is COc1ccc2c(-c3ccccc3)c(C(=O)N(C)CCCOc3cccc(S(C)(=O)=O)c3)oc2c1. The van der Waals surface area contributed by atoms with E-state index in [1.165, 1.54) is 12.1 Å². The van der Waals surface area contributed by atoms with E-state index in [9.17, 15) is 13.2 Å². The molecular formula is C27H27NO6S. The van der Waals surface area contributed by atoms with Gasteiger partial charge in [0.15, 0.2) is 9.84 Å². The number of benzene rings is 3. The Morgan fingerprint density at radius 3 is 2.46 bits per heavy atom. The van der Waals surface area contributed by atoms with Crippen LogP contribution in [0.5, 0.6) is 11.5 Å². The van der Waals surface area contributed by atoms with Crippen molar-refractivity contribution in [3.05, 3.63) is 78.6 Å². The molecule has 0 spiro atoms. The Morgan fingerprint density at radius 2 is 1.74 bits per heavy atom. The summed E-state index contributed by atoms with van der Waals surface area (Å²) >= 11 is 0. The van der Waals surface area contributed by atoms with Crippen molar-refractivity contribution in [1.29, 1.82) is 0 Å². The minimum absolute atomic E-state index is 0.206. The highest BCUT2D eigenvalue weighted by atomic mass is 32.2. The molecule has 0 radical (unpaired) electrons. The van der Waals surface area contributed by atoms with Crippen molar-refractivity contribution in [3.8, 4) is 22.6 Å². The highest BCUT2D eigenvalue weighted by molar-refractivity contribution is 7.90. The first-order valence-corrected chi connectivity index (χ1v) is 13.0. The summed E-state index contributed by atoms with van der Waals surface area (Å²) in [5.74, 6) is 1.15. The molecule has 0 aliphatic carbocycles. The van der Waals surface area contributed by atoms with Crippen LogP contribution in [0.2, 0.25) is 0 Å². The van der Waals surface area contributed by atoms with Gasteiger partial charge in [-0.1, -0.05) is 36.4 Å². The van der Waals surface area contributed by atoms with Crippen molar-refractivity contribution >= 4 is 26.7 Å². The van der Waals surface area contributed by atoms with Gasteiger partial charge in [-0.3, -0.25) is 4.79 Å². The molecule has 0 fully saturated rings. The van der Waals surface area contributed by atoms with Crippen molar-refractivity contribution in [2.75, 3.05) is 33.6 Å². The molecule has 1 aromatic heterocycles. The van der Waals surface area contributed by atoms with E-state index in [0.29, 0.717) is 36.7 Å². The van der Waals surface area contributed by atoms with Gasteiger partial charge in [0.05, 0.1) is 18.6 Å². The normalized spacial score (nSPS) is 11.4. The number of methoxy groups -OCH3 is 1. The zero-order valence-corrected chi connectivity index (χ0v) is 20.7. The number of carbonyl (C=O) groups excluding carboxylic acids is 1. The smallest absolute Gasteiger partial charge is 0.290 e. The monoisotopic (exact) mass is 493 g/mol. The molecule has 0 saturated heterocycles. The molecule has 8 heteroatoms. The summed E-state index contributed by atoms with van der Waals surface area (Å²) in [6, 6.07) is 21.6. The number of hydrogen-bond donors (Lipinski definition) is 0. The van der Waals surface area contributed by atoms with Crippen LogP contribution in [0.25, 0.3) is 22.1 Å². The van der Waals surface area contributed by atoms with Crippen molar-refractivity contribution in [1.82, 2.24) is 4.90 Å². The average molecular weight is 494 g/mol. The minimum atomic E-state index is -3.31. The lowest BCUT2D eigenvalue weighted by atomic mass is 10.0. The predicted octanol–water partition coefficient (Wildman–Crippen LogP) is 5.05. The number of hydrogen-bond acceptors (Lipinski definition) is 6. The first kappa shape index (κ1) is 24.3. The average Bonchev–Trinajstić information content (AvgIpc) is 3.24. The Balaban J connectivity index is 1.49. The molecule has 4 aromatic rings. The Hall–Kier alpha value is -3.78. The molecule has 0 aliphatic rings. The molecule has 4 rings (SSSR count). The molecule has 0 aliphatic heterocycles. The second-order valence-corrected chi connectivity index (χ2v) is 10.2. The van der Waals surface area contributed by atoms with Crippen LogP contribution >= 0.6 is 0 Å². The van der Waals surface area contributed by atoms with Gasteiger partial charge in [-0.05, 0) is 42.3 Å². The number of carbonyl (C=O) groups is 1. The van der Waals surface area contributed by atoms with Gasteiger partial charge in [0, 0.05) is 36.9 Å². The number of sulfone groups is 1. The van der Waals surface area contributed by atoms with Crippen molar-refractivity contribution in [3.63, 3.8) is 0 Å². The maximum atomic E-state index is 13.4. The van der Waals surface area contributed by atoms with Crippen LogP contribution in [0, 0.1) is 0 Å². The summed E-state index contributed by atoms with van der Waals surface area (Å²) in [5.41, 5.74) is 2.21. The van der Waals surface area contributed by atoms with Crippen LogP contribution < -0.4 is 9.47 Å². The maximum absolute atomic E-state index is 13.4. The zero-order chi connectivity index (χ0) is 25.0. The second-order valence-electron chi connectivity index (χ2n) is 8.21. The second kappa shape index (κ2) is 10.2. The van der Waals surface area contributed by atoms with E-state index in [-0.39, 0.29) is 16.6 Å². The van der Waals surface area contributed by atoms with E-state index in [1.54, 1.807) is 37.3 Å². The fourth-order valence-electron chi connectivity index (χ4n) is 3.81. The molecule has 7 nitrogen and oxygen atoms in total. The van der Waals surface area contributed by atoms with Crippen LogP contribution in [0.15, 0.2) is 82.1 Å². The Morgan fingerprint density at radius 1 is 0.971 bits per heavy atom. The summed E-state index contributed by atoms with van der Waals surface area (Å²) in [5, 5.41) is 0.836. The fraction of sp³-hybridized carbons (Fsp3) is 0.222. The predicted molar refractivity (Wildman–Crippen MR) is 135 cm³/mol. The van der Waals surface area contributed by atoms with E-state index in [0.717, 1.165) is 22.8 Å². The Kier molecular flexibility index (Phi) is 7.12. The fourth-order valence-corrected chi connectivity index (χ4v) is 4.46. The van der Waals surface area contributed by atoms with Crippen molar-refractivity contribution < 1.29 is 27.1 Å². The minimum Gasteiger partial charge on any atom is -0.497 e. The lowest BCUT2D eigenvalue weighted by molar-refractivity contribution is 0.0759. The van der Waals surface area contributed by atoms with Gasteiger partial charge >= 0.3 is 0 Å². The highest BCUT2D eigenvalue weighted by Crippen LogP contribution is 2.37. The third-order valence-corrected chi connectivity index (χ3v) is 6.75. The number of nitrogens with zero attached hydrogens (tertiary/aromatic N) is 1. The third-order valence-electron chi connectivity index (χ3n) is 5.64. The summed E-state index contributed by atoms with van der Waals surface area (Å²) < 4.78 is 40.5. The molecular weight excluding hydrogens is 466 g/mol. The lowest BCUT2D eigenvalue weighted by Crippen LogP contribution is -2.28. The molecule has 0 N–H and O–H groups in total. The molecule has 0 atom stereocenters. The zero-order valence-electron chi connectivity index (χ0n) is 19.9. The van der Waals surface area contributed by atoms with Gasteiger partial charge in [-0.15, -0.1) is 0 Å². The summed E-state index contributed by atoms with van der Waals surface area (Å²) in [4.78, 5) is 15.2. The van der Waals surface area contributed by atoms with Crippen molar-refractivity contribution in [2.45, 2.75) is 11.3 Å². The van der Waals surface area contributed by atoms with Gasteiger partial charge < -0.3 is 18.8 Å². The van der Waals surface area contributed by atoms with Gasteiger partial charge in [0.1, 0.15) is 17.1 Å². The quantitative estimate of drug-likeness (QED) is 0.303. The number of amides is 1. The molecule has 3 aromatic carbocycles. The molecule has 0 saturated carbocycles. The number of furan rings is 1. The topological polar surface area (TPSA) is 86.0 Å². The van der Waals surface area contributed by atoms with Crippen molar-refractivity contribution in [2.24, 2.45) is 0 Å². The number of rotatable bonds is 9. The van der Waals surface area contributed by atoms with Crippen LogP contribution in [0.3, 0.4) is 0 Å². The summed E-state index contributed by atoms with van der Waals surface area (Å²) in [7, 11) is -0.00286. The standard InChI is InChI=1S/C27H27NO6S/c1-28(15-8-16-33-21-11-7-12-22(17-21)35(3,30)31)27(29)26-25(19-9-5-4-6-10-19)23-14-13-20(32-2)18-24(23)34-26/h4-7,9-14,17-18H,8,15-16H2,1-3H3. The number of ether oxygens (including phenoxy) is 2. The molecule has 1 heterocycles. The van der Waals surface area contributed by atoms with Crippen LogP contribution in [0.4, 0.5) is 0 Å². The van der Waals surface area contributed by atoms with Gasteiger partial charge in [0.2, 0.25) is 5.76 Å². The maximum Gasteiger partial charge on any atom is 0.290 e. The first-order valence-electron chi connectivity index (χ1n) is 11.1. The molecule has 0 unspecified atom stereocenters. The van der Waals surface area contributed by atoms with E-state index in [2.05, 4.69) is 0 Å². The largest absolute Gasteiger partial charge is 0.497 e. The van der Waals surface area contributed by atoms with Crippen LogP contribution in [0.1, 0.15) is 17.0 Å². The van der Waals surface area contributed by atoms with Gasteiger partial charge in [0.25, 0.3) is 5.91 Å². The summed E-state index contributed by atoms with van der Waals surface area (Å²) in [6.07, 6.45) is 1.71. The third kappa shape index (κ3) is 5.49. The van der Waals surface area contributed by atoms with Gasteiger partial charge in [-0.25, -0.2) is 8.42 Å². The van der Waals surface area contributed by atoms with Crippen LogP contribution in [-0.2, 0) is 9.84 Å². The summed E-state index contributed by atoms with van der Waals surface area (Å²) in [6.45, 7) is 0.757. The molecule has 1 amide bonds. The number of fused-ring (bicyclic) bond motifs is 1. The molecule has 35 heavy (non-hydrogen) atoms.